The number of anilines is 2. The maximum Gasteiger partial charge on any atom is 0.417 e. The standard InChI is InChI=1S/C25H27F5N4O4/c1-12-18(15-5-6-16(26)19(27)20(15)37-4)21(38-24(12,3)25(28,29)30)22(35)33-14-7-8-32-17(11-14)34-10-9-31-13(2)23(34)36/h5-8,11-13,18,21,31H,9-10H2,1-4H3,(H,32,33,35)/t12-,13-,18-,21+,24+/m0/s1. The molecule has 206 valence electrons. The van der Waals surface area contributed by atoms with Crippen molar-refractivity contribution in [3.63, 3.8) is 0 Å². The van der Waals surface area contributed by atoms with Crippen molar-refractivity contribution in [2.75, 3.05) is 30.4 Å². The molecule has 1 aromatic carbocycles. The summed E-state index contributed by atoms with van der Waals surface area (Å²) in [6, 6.07) is 4.24. The largest absolute Gasteiger partial charge is 0.493 e. The molecule has 5 atom stereocenters. The Morgan fingerprint density at radius 1 is 1.26 bits per heavy atom. The van der Waals surface area contributed by atoms with Crippen LogP contribution in [-0.2, 0) is 14.3 Å². The third kappa shape index (κ3) is 4.68. The van der Waals surface area contributed by atoms with Gasteiger partial charge in [-0.25, -0.2) is 9.37 Å². The molecular formula is C25H27F5N4O4. The number of piperazine rings is 1. The molecule has 2 aliphatic heterocycles. The molecule has 2 aliphatic rings. The number of hydrogen-bond donors (Lipinski definition) is 2. The van der Waals surface area contributed by atoms with Gasteiger partial charge in [0.05, 0.1) is 13.2 Å². The number of halogens is 5. The highest BCUT2D eigenvalue weighted by Crippen LogP contribution is 2.55. The van der Waals surface area contributed by atoms with Crippen molar-refractivity contribution in [2.45, 2.75) is 50.6 Å². The van der Waals surface area contributed by atoms with Crippen LogP contribution in [0.2, 0.25) is 0 Å². The average molecular weight is 543 g/mol. The normalized spacial score (nSPS) is 27.9. The Morgan fingerprint density at radius 3 is 2.63 bits per heavy atom. The molecule has 2 fully saturated rings. The van der Waals surface area contributed by atoms with Gasteiger partial charge in [0.15, 0.2) is 17.2 Å². The number of alkyl halides is 3. The third-order valence-electron chi connectivity index (χ3n) is 7.28. The lowest BCUT2D eigenvalue weighted by atomic mass is 9.77. The van der Waals surface area contributed by atoms with Crippen LogP contribution in [0.4, 0.5) is 33.5 Å². The van der Waals surface area contributed by atoms with Gasteiger partial charge in [0.2, 0.25) is 11.7 Å². The van der Waals surface area contributed by atoms with Crippen LogP contribution in [0.15, 0.2) is 30.5 Å². The van der Waals surface area contributed by atoms with Crippen molar-refractivity contribution in [1.29, 1.82) is 0 Å². The zero-order valence-electron chi connectivity index (χ0n) is 21.0. The average Bonchev–Trinajstić information content (AvgIpc) is 3.14. The fraction of sp³-hybridized carbons (Fsp3) is 0.480. The molecule has 0 unspecified atom stereocenters. The number of pyridine rings is 1. The van der Waals surface area contributed by atoms with E-state index in [0.717, 1.165) is 26.2 Å². The van der Waals surface area contributed by atoms with Gasteiger partial charge >= 0.3 is 6.18 Å². The second kappa shape index (κ2) is 10.1. The first-order chi connectivity index (χ1) is 17.8. The molecule has 2 aromatic rings. The minimum Gasteiger partial charge on any atom is -0.493 e. The van der Waals surface area contributed by atoms with E-state index in [0.29, 0.717) is 13.1 Å². The van der Waals surface area contributed by atoms with Crippen molar-refractivity contribution in [1.82, 2.24) is 10.3 Å². The van der Waals surface area contributed by atoms with E-state index in [1.54, 1.807) is 6.92 Å². The molecule has 2 amide bonds. The first-order valence-electron chi connectivity index (χ1n) is 11.9. The van der Waals surface area contributed by atoms with Gasteiger partial charge in [0.25, 0.3) is 5.91 Å². The van der Waals surface area contributed by atoms with Crippen molar-refractivity contribution in [3.05, 3.63) is 47.7 Å². The van der Waals surface area contributed by atoms with Gasteiger partial charge in [-0.3, -0.25) is 14.5 Å². The van der Waals surface area contributed by atoms with Crippen molar-refractivity contribution in [3.8, 4) is 5.75 Å². The van der Waals surface area contributed by atoms with E-state index in [1.165, 1.54) is 30.2 Å². The Hall–Kier alpha value is -3.32. The molecule has 8 nitrogen and oxygen atoms in total. The smallest absolute Gasteiger partial charge is 0.417 e. The van der Waals surface area contributed by atoms with E-state index in [1.807, 2.05) is 0 Å². The summed E-state index contributed by atoms with van der Waals surface area (Å²) in [5, 5.41) is 5.55. The minimum absolute atomic E-state index is 0.136. The Bertz CT molecular complexity index is 1240. The predicted octanol–water partition coefficient (Wildman–Crippen LogP) is 3.77. The number of benzene rings is 1. The molecule has 3 heterocycles. The summed E-state index contributed by atoms with van der Waals surface area (Å²) in [6.45, 7) is 4.59. The van der Waals surface area contributed by atoms with Crippen molar-refractivity contribution in [2.24, 2.45) is 5.92 Å². The van der Waals surface area contributed by atoms with Gasteiger partial charge in [0, 0.05) is 48.4 Å². The van der Waals surface area contributed by atoms with Gasteiger partial charge < -0.3 is 20.1 Å². The molecule has 2 saturated heterocycles. The predicted molar refractivity (Wildman–Crippen MR) is 127 cm³/mol. The van der Waals surface area contributed by atoms with E-state index in [-0.39, 0.29) is 23.0 Å². The molecule has 4 rings (SSSR count). The number of nitrogens with one attached hydrogen (secondary N) is 2. The summed E-state index contributed by atoms with van der Waals surface area (Å²) in [7, 11) is 1.05. The summed E-state index contributed by atoms with van der Waals surface area (Å²) in [5.74, 6) is -6.89. The van der Waals surface area contributed by atoms with E-state index >= 15 is 0 Å². The van der Waals surface area contributed by atoms with Crippen LogP contribution in [-0.4, -0.2) is 60.9 Å². The summed E-state index contributed by atoms with van der Waals surface area (Å²) in [6.07, 6.45) is -5.28. The molecule has 0 aliphatic carbocycles. The lowest BCUT2D eigenvalue weighted by Crippen LogP contribution is -2.54. The second-order valence-corrected chi connectivity index (χ2v) is 9.50. The molecule has 1 aromatic heterocycles. The summed E-state index contributed by atoms with van der Waals surface area (Å²) >= 11 is 0. The van der Waals surface area contributed by atoms with E-state index < -0.39 is 59.1 Å². The molecule has 0 spiro atoms. The van der Waals surface area contributed by atoms with Crippen LogP contribution < -0.4 is 20.3 Å². The van der Waals surface area contributed by atoms with E-state index in [9.17, 15) is 31.5 Å². The maximum absolute atomic E-state index is 14.5. The topological polar surface area (TPSA) is 92.8 Å². The lowest BCUT2D eigenvalue weighted by Gasteiger charge is -2.32. The first kappa shape index (κ1) is 27.7. The number of hydrogen-bond acceptors (Lipinski definition) is 6. The SMILES string of the molecule is COc1c([C@H]2[C@H](C(=O)Nc3ccnc(N4CCN[C@@H](C)C4=O)c3)O[C@@](C)(C(F)(F)F)[C@H]2C)ccc(F)c1F. The van der Waals surface area contributed by atoms with Crippen LogP contribution in [0.5, 0.6) is 5.75 Å². The Labute approximate surface area is 215 Å². The monoisotopic (exact) mass is 542 g/mol. The quantitative estimate of drug-likeness (QED) is 0.559. The number of methoxy groups -OCH3 is 1. The minimum atomic E-state index is -4.88. The number of ether oxygens (including phenoxy) is 2. The van der Waals surface area contributed by atoms with Crippen LogP contribution in [0.3, 0.4) is 0 Å². The molecule has 2 N–H and O–H groups in total. The summed E-state index contributed by atoms with van der Waals surface area (Å²) in [5.41, 5.74) is -2.75. The van der Waals surface area contributed by atoms with Crippen LogP contribution >= 0.6 is 0 Å². The van der Waals surface area contributed by atoms with Gasteiger partial charge in [-0.05, 0) is 26.0 Å². The Balaban J connectivity index is 1.69. The number of carbonyl (C=O) groups excluding carboxylic acids is 2. The van der Waals surface area contributed by atoms with E-state index in [2.05, 4.69) is 15.6 Å². The fourth-order valence-corrected chi connectivity index (χ4v) is 4.95. The molecule has 0 radical (unpaired) electrons. The number of amides is 2. The number of aromatic nitrogens is 1. The molecular weight excluding hydrogens is 515 g/mol. The third-order valence-corrected chi connectivity index (χ3v) is 7.28. The zero-order valence-corrected chi connectivity index (χ0v) is 21.0. The van der Waals surface area contributed by atoms with Crippen molar-refractivity contribution >= 4 is 23.3 Å². The van der Waals surface area contributed by atoms with Crippen LogP contribution in [0.25, 0.3) is 0 Å². The highest BCUT2D eigenvalue weighted by Gasteiger charge is 2.66. The van der Waals surface area contributed by atoms with Crippen LogP contribution in [0, 0.1) is 17.6 Å². The number of rotatable bonds is 5. The Morgan fingerprint density at radius 2 is 1.97 bits per heavy atom. The molecule has 0 saturated carbocycles. The maximum atomic E-state index is 14.5. The highest BCUT2D eigenvalue weighted by atomic mass is 19.4. The number of carbonyl (C=O) groups is 2. The highest BCUT2D eigenvalue weighted by molar-refractivity contribution is 5.99. The first-order valence-corrected chi connectivity index (χ1v) is 11.9. The lowest BCUT2D eigenvalue weighted by molar-refractivity contribution is -0.272. The van der Waals surface area contributed by atoms with Gasteiger partial charge in [-0.2, -0.15) is 17.6 Å². The zero-order chi connectivity index (χ0) is 28.0. The Kier molecular flexibility index (Phi) is 7.36. The summed E-state index contributed by atoms with van der Waals surface area (Å²) in [4.78, 5) is 31.5. The van der Waals surface area contributed by atoms with Crippen molar-refractivity contribution < 1.29 is 41.0 Å². The molecule has 0 bridgehead atoms. The fourth-order valence-electron chi connectivity index (χ4n) is 4.95. The second-order valence-electron chi connectivity index (χ2n) is 9.50. The van der Waals surface area contributed by atoms with Gasteiger partial charge in [-0.1, -0.05) is 13.0 Å². The van der Waals surface area contributed by atoms with Crippen LogP contribution in [0.1, 0.15) is 32.3 Å². The molecule has 13 heteroatoms. The molecule has 38 heavy (non-hydrogen) atoms. The van der Waals surface area contributed by atoms with Gasteiger partial charge in [0.1, 0.15) is 11.9 Å². The number of nitrogens with zero attached hydrogens (tertiary/aromatic N) is 2. The van der Waals surface area contributed by atoms with Gasteiger partial charge in [-0.15, -0.1) is 0 Å². The summed E-state index contributed by atoms with van der Waals surface area (Å²) < 4.78 is 81.1. The van der Waals surface area contributed by atoms with E-state index in [4.69, 9.17) is 9.47 Å².